The molecule has 0 aliphatic heterocycles. The molecule has 0 unspecified atom stereocenters. The van der Waals surface area contributed by atoms with Gasteiger partial charge in [-0.15, -0.1) is 0 Å². The first kappa shape index (κ1) is 14.3. The molecule has 20 heavy (non-hydrogen) atoms. The molecule has 5 heteroatoms. The molecule has 0 fully saturated rings. The molecular formula is C15H19FN4. The van der Waals surface area contributed by atoms with Crippen LogP contribution in [0, 0.1) is 5.82 Å². The maximum Gasteiger partial charge on any atom is 0.133 e. The van der Waals surface area contributed by atoms with Gasteiger partial charge in [0.2, 0.25) is 0 Å². The Balaban J connectivity index is 2.53. The van der Waals surface area contributed by atoms with E-state index in [0.29, 0.717) is 5.39 Å². The maximum atomic E-state index is 14.1. The smallest absolute Gasteiger partial charge is 0.133 e. The number of pyridine rings is 1. The summed E-state index contributed by atoms with van der Waals surface area (Å²) in [5.74, 6) is 0.468. The summed E-state index contributed by atoms with van der Waals surface area (Å²) >= 11 is 0. The van der Waals surface area contributed by atoms with Gasteiger partial charge in [-0.3, -0.25) is 0 Å². The van der Waals surface area contributed by atoms with E-state index in [0.717, 1.165) is 22.3 Å². The normalized spacial score (nSPS) is 11.8. The Kier molecular flexibility index (Phi) is 4.20. The first-order valence-electron chi connectivity index (χ1n) is 6.41. The highest BCUT2D eigenvalue weighted by Gasteiger charge is 2.07. The third-order valence-corrected chi connectivity index (χ3v) is 3.24. The van der Waals surface area contributed by atoms with Crippen LogP contribution in [-0.4, -0.2) is 31.1 Å². The molecule has 2 rings (SSSR count). The van der Waals surface area contributed by atoms with Crippen molar-refractivity contribution < 1.29 is 4.39 Å². The molecule has 0 amide bonds. The molecule has 0 aliphatic carbocycles. The fourth-order valence-electron chi connectivity index (χ4n) is 2.01. The van der Waals surface area contributed by atoms with Gasteiger partial charge in [0.25, 0.3) is 0 Å². The predicted molar refractivity (Wildman–Crippen MR) is 81.7 cm³/mol. The van der Waals surface area contributed by atoms with Gasteiger partial charge < -0.3 is 10.3 Å². The summed E-state index contributed by atoms with van der Waals surface area (Å²) in [7, 11) is 5.51. The monoisotopic (exact) mass is 274 g/mol. The van der Waals surface area contributed by atoms with E-state index in [1.807, 2.05) is 44.4 Å². The molecule has 0 radical (unpaired) electrons. The van der Waals surface area contributed by atoms with Gasteiger partial charge in [-0.05, 0) is 41.6 Å². The molecule has 0 spiro atoms. The van der Waals surface area contributed by atoms with Crippen molar-refractivity contribution in [1.82, 2.24) is 15.4 Å². The van der Waals surface area contributed by atoms with E-state index in [-0.39, 0.29) is 5.82 Å². The quantitative estimate of drug-likeness (QED) is 0.841. The summed E-state index contributed by atoms with van der Waals surface area (Å²) in [4.78, 5) is 4.14. The van der Waals surface area contributed by atoms with E-state index in [1.54, 1.807) is 19.3 Å². The lowest BCUT2D eigenvalue weighted by Crippen LogP contribution is -2.25. The Hall–Kier alpha value is -2.14. The molecule has 4 nitrogen and oxygen atoms in total. The molecule has 0 aliphatic rings. The Morgan fingerprint density at radius 3 is 2.70 bits per heavy atom. The van der Waals surface area contributed by atoms with E-state index < -0.39 is 0 Å². The predicted octanol–water partition coefficient (Wildman–Crippen LogP) is 2.84. The van der Waals surface area contributed by atoms with Crippen molar-refractivity contribution in [3.05, 3.63) is 42.0 Å². The number of hydrogen-bond acceptors (Lipinski definition) is 4. The average Bonchev–Trinajstić information content (AvgIpc) is 2.46. The minimum atomic E-state index is -0.257. The third kappa shape index (κ3) is 2.88. The zero-order valence-electron chi connectivity index (χ0n) is 12.2. The molecule has 1 heterocycles. The van der Waals surface area contributed by atoms with Gasteiger partial charge in [-0.2, -0.15) is 0 Å². The van der Waals surface area contributed by atoms with E-state index in [9.17, 15) is 4.39 Å². The summed E-state index contributed by atoms with van der Waals surface area (Å²) in [5, 5.41) is 6.15. The summed E-state index contributed by atoms with van der Waals surface area (Å²) < 4.78 is 14.1. The van der Waals surface area contributed by atoms with Crippen LogP contribution in [0.4, 0.5) is 10.2 Å². The molecule has 0 atom stereocenters. The lowest BCUT2D eigenvalue weighted by Gasteiger charge is -2.14. The van der Waals surface area contributed by atoms with Gasteiger partial charge in [-0.25, -0.2) is 14.8 Å². The van der Waals surface area contributed by atoms with Gasteiger partial charge in [0.05, 0.1) is 0 Å². The first-order valence-corrected chi connectivity index (χ1v) is 6.41. The highest BCUT2D eigenvalue weighted by molar-refractivity contribution is 5.87. The van der Waals surface area contributed by atoms with Gasteiger partial charge in [0.1, 0.15) is 11.6 Å². The Labute approximate surface area is 118 Å². The molecule has 1 aromatic heterocycles. The number of hydrogen-bond donors (Lipinski definition) is 2. The molecule has 0 saturated carbocycles. The van der Waals surface area contributed by atoms with Gasteiger partial charge in [0.15, 0.2) is 0 Å². The first-order chi connectivity index (χ1) is 9.55. The van der Waals surface area contributed by atoms with Crippen LogP contribution in [0.1, 0.15) is 12.5 Å². The number of hydrazine groups is 1. The number of nitrogens with one attached hydrogen (secondary N) is 2. The highest BCUT2D eigenvalue weighted by Crippen LogP contribution is 2.25. The molecule has 1 aromatic carbocycles. The van der Waals surface area contributed by atoms with Crippen LogP contribution in [0.5, 0.6) is 0 Å². The second kappa shape index (κ2) is 5.88. The fraction of sp³-hybridized carbons (Fsp3) is 0.267. The summed E-state index contributed by atoms with van der Waals surface area (Å²) in [5.41, 5.74) is 4.81. The molecule has 106 valence electrons. The topological polar surface area (TPSA) is 40.2 Å². The van der Waals surface area contributed by atoms with Crippen LogP contribution in [0.25, 0.3) is 16.3 Å². The Morgan fingerprint density at radius 1 is 1.30 bits per heavy atom. The molecule has 2 aromatic rings. The second-order valence-corrected chi connectivity index (χ2v) is 4.65. The largest absolute Gasteiger partial charge is 0.373 e. The number of benzene rings is 1. The zero-order valence-corrected chi connectivity index (χ0v) is 12.2. The van der Waals surface area contributed by atoms with Crippen molar-refractivity contribution in [2.45, 2.75) is 6.92 Å². The summed E-state index contributed by atoms with van der Waals surface area (Å²) in [6, 6.07) is 5.35. The second-order valence-electron chi connectivity index (χ2n) is 4.65. The number of anilines is 1. The number of rotatable bonds is 4. The van der Waals surface area contributed by atoms with Crippen molar-refractivity contribution in [1.29, 1.82) is 0 Å². The van der Waals surface area contributed by atoms with Gasteiger partial charge in [0, 0.05) is 38.9 Å². The van der Waals surface area contributed by atoms with Crippen LogP contribution < -0.4 is 10.7 Å². The number of fused-ring (bicyclic) bond motifs is 1. The van der Waals surface area contributed by atoms with E-state index in [2.05, 4.69) is 15.7 Å². The average molecular weight is 274 g/mol. The van der Waals surface area contributed by atoms with Crippen LogP contribution in [0.3, 0.4) is 0 Å². The Morgan fingerprint density at radius 2 is 2.05 bits per heavy atom. The minimum Gasteiger partial charge on any atom is -0.373 e. The SMILES string of the molecule is CNc1cc2cc(/C(C)=C/N(C)NC)cc(F)c2cn1. The maximum absolute atomic E-state index is 14.1. The van der Waals surface area contributed by atoms with E-state index in [1.165, 1.54) is 0 Å². The van der Waals surface area contributed by atoms with Crippen molar-refractivity contribution in [2.24, 2.45) is 0 Å². The summed E-state index contributed by atoms with van der Waals surface area (Å²) in [6.07, 6.45) is 3.47. The number of allylic oxidation sites excluding steroid dienone is 1. The van der Waals surface area contributed by atoms with Gasteiger partial charge in [-0.1, -0.05) is 0 Å². The van der Waals surface area contributed by atoms with Crippen molar-refractivity contribution in [2.75, 3.05) is 26.5 Å². The standard InChI is InChI=1S/C15H19FN4/c1-10(9-20(4)18-3)11-5-12-7-15(17-2)19-8-13(12)14(16)6-11/h5-9,18H,1-4H3,(H,17,19)/b10-9+. The van der Waals surface area contributed by atoms with Crippen LogP contribution in [0.2, 0.25) is 0 Å². The summed E-state index contributed by atoms with van der Waals surface area (Å²) in [6.45, 7) is 1.95. The van der Waals surface area contributed by atoms with E-state index >= 15 is 0 Å². The molecule has 2 N–H and O–H groups in total. The molecular weight excluding hydrogens is 255 g/mol. The lowest BCUT2D eigenvalue weighted by molar-refractivity contribution is 0.366. The van der Waals surface area contributed by atoms with Crippen molar-refractivity contribution >= 4 is 22.2 Å². The lowest BCUT2D eigenvalue weighted by atomic mass is 10.0. The van der Waals surface area contributed by atoms with Crippen LogP contribution in [0.15, 0.2) is 30.6 Å². The fourth-order valence-corrected chi connectivity index (χ4v) is 2.01. The minimum absolute atomic E-state index is 0.257. The molecule has 0 bridgehead atoms. The molecule has 0 saturated heterocycles. The van der Waals surface area contributed by atoms with Crippen LogP contribution >= 0.6 is 0 Å². The van der Waals surface area contributed by atoms with Crippen molar-refractivity contribution in [3.63, 3.8) is 0 Å². The van der Waals surface area contributed by atoms with Gasteiger partial charge >= 0.3 is 0 Å². The number of aromatic nitrogens is 1. The van der Waals surface area contributed by atoms with E-state index in [4.69, 9.17) is 0 Å². The van der Waals surface area contributed by atoms with Crippen LogP contribution in [-0.2, 0) is 0 Å². The number of nitrogens with zero attached hydrogens (tertiary/aromatic N) is 2. The Bertz CT molecular complexity index is 652. The van der Waals surface area contributed by atoms with Crippen molar-refractivity contribution in [3.8, 4) is 0 Å². The third-order valence-electron chi connectivity index (χ3n) is 3.24. The highest BCUT2D eigenvalue weighted by atomic mass is 19.1. The zero-order chi connectivity index (χ0) is 14.7. The number of halogens is 1.